The van der Waals surface area contributed by atoms with Crippen molar-refractivity contribution < 1.29 is 4.79 Å². The fourth-order valence-corrected chi connectivity index (χ4v) is 1.87. The molecule has 1 heterocycles. The van der Waals surface area contributed by atoms with Gasteiger partial charge in [-0.3, -0.25) is 4.79 Å². The zero-order valence-electron chi connectivity index (χ0n) is 8.68. The van der Waals surface area contributed by atoms with Gasteiger partial charge in [0, 0.05) is 24.2 Å². The molecule has 0 unspecified atom stereocenters. The van der Waals surface area contributed by atoms with Gasteiger partial charge < -0.3 is 5.32 Å². The number of carbonyl (C=O) groups excluding carboxylic acids is 1. The van der Waals surface area contributed by atoms with Crippen LogP contribution in [-0.4, -0.2) is 12.3 Å². The Kier molecular flexibility index (Phi) is 2.28. The zero-order chi connectivity index (χ0) is 10.1. The lowest BCUT2D eigenvalue weighted by Gasteiger charge is -2.12. The first-order valence-corrected chi connectivity index (χ1v) is 5.07. The van der Waals surface area contributed by atoms with E-state index in [1.165, 1.54) is 11.1 Å². The highest BCUT2D eigenvalue weighted by molar-refractivity contribution is 6.02. The number of aryl methyl sites for hydroxylation is 1. The van der Waals surface area contributed by atoms with Gasteiger partial charge in [-0.1, -0.05) is 6.07 Å². The van der Waals surface area contributed by atoms with E-state index in [0.29, 0.717) is 6.42 Å². The molecule has 0 bridgehead atoms. The van der Waals surface area contributed by atoms with E-state index in [-0.39, 0.29) is 5.78 Å². The first-order valence-electron chi connectivity index (χ1n) is 5.07. The maximum atomic E-state index is 11.7. The van der Waals surface area contributed by atoms with Crippen LogP contribution in [0.1, 0.15) is 34.3 Å². The molecule has 74 valence electrons. The number of benzene rings is 1. The van der Waals surface area contributed by atoms with E-state index in [1.807, 2.05) is 12.1 Å². The minimum Gasteiger partial charge on any atom is -0.384 e. The first-order chi connectivity index (χ1) is 6.70. The van der Waals surface area contributed by atoms with E-state index in [0.717, 1.165) is 24.2 Å². The van der Waals surface area contributed by atoms with Crippen LogP contribution in [0.5, 0.6) is 0 Å². The summed E-state index contributed by atoms with van der Waals surface area (Å²) in [6, 6.07) is 3.97. The molecule has 1 aromatic carbocycles. The second-order valence-corrected chi connectivity index (χ2v) is 3.88. The van der Waals surface area contributed by atoms with Crippen LogP contribution in [0, 0.1) is 13.8 Å². The van der Waals surface area contributed by atoms with Crippen LogP contribution in [0.4, 0.5) is 5.69 Å². The zero-order valence-corrected chi connectivity index (χ0v) is 8.68. The van der Waals surface area contributed by atoms with Crippen molar-refractivity contribution in [2.24, 2.45) is 0 Å². The number of anilines is 1. The van der Waals surface area contributed by atoms with Crippen molar-refractivity contribution in [1.82, 2.24) is 0 Å². The summed E-state index contributed by atoms with van der Waals surface area (Å²) >= 11 is 0. The smallest absolute Gasteiger partial charge is 0.165 e. The van der Waals surface area contributed by atoms with E-state index in [2.05, 4.69) is 19.2 Å². The number of nitrogens with one attached hydrogen (secondary N) is 1. The van der Waals surface area contributed by atoms with Crippen molar-refractivity contribution >= 4 is 11.5 Å². The fourth-order valence-electron chi connectivity index (χ4n) is 1.87. The molecule has 1 aromatic rings. The lowest BCUT2D eigenvalue weighted by molar-refractivity contribution is 0.0984. The number of Topliss-reactive ketones (excluding diaryl/α,β-unsaturated/α-hetero) is 1. The summed E-state index contributed by atoms with van der Waals surface area (Å²) in [4.78, 5) is 11.7. The van der Waals surface area contributed by atoms with E-state index in [4.69, 9.17) is 0 Å². The molecule has 1 aliphatic rings. The number of hydrogen-bond donors (Lipinski definition) is 1. The van der Waals surface area contributed by atoms with Gasteiger partial charge in [-0.15, -0.1) is 0 Å². The number of ketones is 1. The molecule has 0 aliphatic carbocycles. The largest absolute Gasteiger partial charge is 0.384 e. The molecule has 0 aromatic heterocycles. The van der Waals surface area contributed by atoms with Gasteiger partial charge >= 0.3 is 0 Å². The van der Waals surface area contributed by atoms with Crippen molar-refractivity contribution in [1.29, 1.82) is 0 Å². The van der Waals surface area contributed by atoms with Gasteiger partial charge in [0.25, 0.3) is 0 Å². The van der Waals surface area contributed by atoms with Crippen LogP contribution >= 0.6 is 0 Å². The van der Waals surface area contributed by atoms with E-state index in [1.54, 1.807) is 0 Å². The first kappa shape index (κ1) is 9.25. The van der Waals surface area contributed by atoms with Crippen LogP contribution < -0.4 is 5.32 Å². The third-order valence-electron chi connectivity index (χ3n) is 2.92. The average Bonchev–Trinajstić information content (AvgIpc) is 2.35. The van der Waals surface area contributed by atoms with Gasteiger partial charge in [-0.25, -0.2) is 0 Å². The summed E-state index contributed by atoms with van der Waals surface area (Å²) < 4.78 is 0. The number of fused-ring (bicyclic) bond motifs is 1. The monoisotopic (exact) mass is 189 g/mol. The highest BCUT2D eigenvalue weighted by Gasteiger charge is 2.16. The van der Waals surface area contributed by atoms with Crippen molar-refractivity contribution in [2.75, 3.05) is 11.9 Å². The van der Waals surface area contributed by atoms with Gasteiger partial charge in [0.1, 0.15) is 0 Å². The topological polar surface area (TPSA) is 29.1 Å². The molecule has 0 spiro atoms. The van der Waals surface area contributed by atoms with Gasteiger partial charge in [0.15, 0.2) is 5.78 Å². The summed E-state index contributed by atoms with van der Waals surface area (Å²) in [6.07, 6.45) is 1.61. The van der Waals surface area contributed by atoms with Crippen molar-refractivity contribution in [2.45, 2.75) is 26.7 Å². The summed E-state index contributed by atoms with van der Waals surface area (Å²) in [5, 5.41) is 3.34. The minimum atomic E-state index is 0.271. The SMILES string of the molecule is Cc1ccc2c(c1C)NCCCC2=O. The maximum absolute atomic E-state index is 11.7. The molecule has 2 rings (SSSR count). The van der Waals surface area contributed by atoms with Crippen molar-refractivity contribution in [3.8, 4) is 0 Å². The lowest BCUT2D eigenvalue weighted by atomic mass is 9.99. The van der Waals surface area contributed by atoms with Crippen LogP contribution in [0.15, 0.2) is 12.1 Å². The van der Waals surface area contributed by atoms with Crippen LogP contribution in [0.3, 0.4) is 0 Å². The van der Waals surface area contributed by atoms with Crippen molar-refractivity contribution in [3.05, 3.63) is 28.8 Å². The number of rotatable bonds is 0. The fraction of sp³-hybridized carbons (Fsp3) is 0.417. The summed E-state index contributed by atoms with van der Waals surface area (Å²) in [5.41, 5.74) is 4.36. The normalized spacial score (nSPS) is 15.7. The van der Waals surface area contributed by atoms with E-state index >= 15 is 0 Å². The molecule has 0 atom stereocenters. The second-order valence-electron chi connectivity index (χ2n) is 3.88. The standard InChI is InChI=1S/C12H15NO/c1-8-5-6-10-11(14)4-3-7-13-12(10)9(8)2/h5-6,13H,3-4,7H2,1-2H3. The number of hydrogen-bond acceptors (Lipinski definition) is 2. The Balaban J connectivity index is 2.58. The Hall–Kier alpha value is -1.31. The molecule has 0 amide bonds. The second kappa shape index (κ2) is 3.45. The molecule has 0 saturated heterocycles. The van der Waals surface area contributed by atoms with Gasteiger partial charge in [0.05, 0.1) is 0 Å². The maximum Gasteiger partial charge on any atom is 0.165 e. The predicted molar refractivity (Wildman–Crippen MR) is 58.0 cm³/mol. The molecule has 0 fully saturated rings. The molecular formula is C12H15NO. The Morgan fingerprint density at radius 1 is 1.29 bits per heavy atom. The molecule has 1 N–H and O–H groups in total. The summed E-state index contributed by atoms with van der Waals surface area (Å²) in [6.45, 7) is 5.05. The van der Waals surface area contributed by atoms with Crippen LogP contribution in [0.25, 0.3) is 0 Å². The molecule has 0 radical (unpaired) electrons. The Labute approximate surface area is 84.3 Å². The average molecular weight is 189 g/mol. The predicted octanol–water partition coefficient (Wildman–Crippen LogP) is 2.69. The highest BCUT2D eigenvalue weighted by Crippen LogP contribution is 2.27. The molecular weight excluding hydrogens is 174 g/mol. The van der Waals surface area contributed by atoms with Crippen LogP contribution in [0.2, 0.25) is 0 Å². The molecule has 2 nitrogen and oxygen atoms in total. The Morgan fingerprint density at radius 2 is 2.07 bits per heavy atom. The third kappa shape index (κ3) is 1.41. The van der Waals surface area contributed by atoms with Gasteiger partial charge in [0.2, 0.25) is 0 Å². The quantitative estimate of drug-likeness (QED) is 0.679. The number of carbonyl (C=O) groups is 1. The summed E-state index contributed by atoms with van der Waals surface area (Å²) in [5.74, 6) is 0.271. The van der Waals surface area contributed by atoms with E-state index < -0.39 is 0 Å². The Bertz CT molecular complexity index is 382. The summed E-state index contributed by atoms with van der Waals surface area (Å²) in [7, 11) is 0. The lowest BCUT2D eigenvalue weighted by Crippen LogP contribution is -2.03. The molecule has 2 heteroatoms. The van der Waals surface area contributed by atoms with Gasteiger partial charge in [-0.05, 0) is 37.5 Å². The Morgan fingerprint density at radius 3 is 2.86 bits per heavy atom. The van der Waals surface area contributed by atoms with E-state index in [9.17, 15) is 4.79 Å². The van der Waals surface area contributed by atoms with Gasteiger partial charge in [-0.2, -0.15) is 0 Å². The molecule has 14 heavy (non-hydrogen) atoms. The van der Waals surface area contributed by atoms with Crippen molar-refractivity contribution in [3.63, 3.8) is 0 Å². The third-order valence-corrected chi connectivity index (χ3v) is 2.92. The highest BCUT2D eigenvalue weighted by atomic mass is 16.1. The van der Waals surface area contributed by atoms with Crippen LogP contribution in [-0.2, 0) is 0 Å². The molecule has 1 aliphatic heterocycles. The minimum absolute atomic E-state index is 0.271. The molecule has 0 saturated carbocycles.